The Morgan fingerprint density at radius 2 is 2.08 bits per heavy atom. The molecule has 0 unspecified atom stereocenters. The van der Waals surface area contributed by atoms with E-state index in [1.54, 1.807) is 0 Å². The summed E-state index contributed by atoms with van der Waals surface area (Å²) in [4.78, 5) is 10.8. The van der Waals surface area contributed by atoms with E-state index < -0.39 is 5.56 Å². The molecular weight excluding hydrogens is 199 g/mol. The second-order valence-electron chi connectivity index (χ2n) is 2.23. The molecule has 1 N–H and O–H groups in total. The van der Waals surface area contributed by atoms with Crippen LogP contribution in [0.1, 0.15) is 12.1 Å². The lowest BCUT2D eigenvalue weighted by Gasteiger charge is -2.00. The fourth-order valence-electron chi connectivity index (χ4n) is 0.776. The van der Waals surface area contributed by atoms with Crippen LogP contribution in [-0.2, 0) is 6.42 Å². The molecule has 1 radical (unpaired) electrons. The summed E-state index contributed by atoms with van der Waals surface area (Å²) in [5.74, 6) is 0. The normalized spacial score (nSPS) is 10.2. The van der Waals surface area contributed by atoms with E-state index >= 15 is 0 Å². The van der Waals surface area contributed by atoms with E-state index in [0.717, 1.165) is 0 Å². The van der Waals surface area contributed by atoms with Crippen molar-refractivity contribution in [2.45, 2.75) is 12.8 Å². The molecule has 1 aromatic heterocycles. The van der Waals surface area contributed by atoms with E-state index in [4.69, 9.17) is 23.2 Å². The zero-order valence-corrected chi connectivity index (χ0v) is 7.74. The lowest BCUT2D eigenvalue weighted by atomic mass is 10.2. The quantitative estimate of drug-likeness (QED) is 0.802. The molecule has 0 spiro atoms. The number of rotatable bonds is 2. The van der Waals surface area contributed by atoms with E-state index in [2.05, 4.69) is 17.1 Å². The number of nitrogens with zero attached hydrogens (tertiary/aromatic N) is 1. The van der Waals surface area contributed by atoms with Crippen LogP contribution in [0.15, 0.2) is 4.79 Å². The Kier molecular flexibility index (Phi) is 3.12. The fourth-order valence-corrected chi connectivity index (χ4v) is 1.15. The number of nitrogens with one attached hydrogen (secondary N) is 1. The highest BCUT2D eigenvalue weighted by Crippen LogP contribution is 2.20. The predicted molar refractivity (Wildman–Crippen MR) is 48.6 cm³/mol. The summed E-state index contributed by atoms with van der Waals surface area (Å²) < 4.78 is 0. The fraction of sp³-hybridized carbons (Fsp3) is 0.286. The van der Waals surface area contributed by atoms with Crippen molar-refractivity contribution in [3.05, 3.63) is 33.0 Å². The number of aryl methyl sites for hydroxylation is 1. The third kappa shape index (κ3) is 1.79. The number of H-pyrrole nitrogens is 1. The number of halogens is 2. The van der Waals surface area contributed by atoms with Crippen LogP contribution in [0.5, 0.6) is 0 Å². The van der Waals surface area contributed by atoms with E-state index in [1.807, 2.05) is 0 Å². The summed E-state index contributed by atoms with van der Waals surface area (Å²) >= 11 is 11.3. The summed E-state index contributed by atoms with van der Waals surface area (Å²) in [6.45, 7) is 3.64. The maximum absolute atomic E-state index is 10.8. The summed E-state index contributed by atoms with van der Waals surface area (Å²) in [6, 6.07) is 0. The van der Waals surface area contributed by atoms with E-state index in [-0.39, 0.29) is 10.0 Å². The molecule has 65 valence electrons. The highest BCUT2D eigenvalue weighted by molar-refractivity contribution is 6.42. The molecule has 1 rings (SSSR count). The molecule has 0 saturated heterocycles. The largest absolute Gasteiger partial charge is 0.284 e. The zero-order valence-electron chi connectivity index (χ0n) is 6.23. The lowest BCUT2D eigenvalue weighted by Crippen LogP contribution is -2.11. The van der Waals surface area contributed by atoms with Crippen molar-refractivity contribution in [1.29, 1.82) is 0 Å². The Labute approximate surface area is 79.7 Å². The van der Waals surface area contributed by atoms with E-state index in [9.17, 15) is 4.79 Å². The van der Waals surface area contributed by atoms with Gasteiger partial charge in [0.2, 0.25) is 0 Å². The van der Waals surface area contributed by atoms with Crippen LogP contribution >= 0.6 is 23.2 Å². The summed E-state index contributed by atoms with van der Waals surface area (Å²) in [6.07, 6.45) is 1.27. The third-order valence-corrected chi connectivity index (χ3v) is 2.22. The maximum atomic E-state index is 10.8. The molecule has 1 heterocycles. The lowest BCUT2D eigenvalue weighted by molar-refractivity contribution is 0.859. The topological polar surface area (TPSA) is 45.8 Å². The predicted octanol–water partition coefficient (Wildman–Crippen LogP) is 1.84. The van der Waals surface area contributed by atoms with Crippen molar-refractivity contribution in [3.63, 3.8) is 0 Å². The molecule has 0 aliphatic carbocycles. The first-order valence-electron chi connectivity index (χ1n) is 3.38. The van der Waals surface area contributed by atoms with Crippen molar-refractivity contribution in [2.75, 3.05) is 0 Å². The number of aromatic nitrogens is 2. The van der Waals surface area contributed by atoms with Gasteiger partial charge in [-0.05, 0) is 12.8 Å². The molecule has 0 aliphatic heterocycles. The van der Waals surface area contributed by atoms with Gasteiger partial charge in [-0.3, -0.25) is 4.79 Å². The van der Waals surface area contributed by atoms with Crippen molar-refractivity contribution in [2.24, 2.45) is 0 Å². The van der Waals surface area contributed by atoms with Crippen LogP contribution in [0.25, 0.3) is 0 Å². The van der Waals surface area contributed by atoms with Crippen LogP contribution < -0.4 is 5.56 Å². The van der Waals surface area contributed by atoms with Gasteiger partial charge in [-0.25, -0.2) is 5.10 Å². The van der Waals surface area contributed by atoms with Crippen molar-refractivity contribution < 1.29 is 0 Å². The van der Waals surface area contributed by atoms with Gasteiger partial charge in [-0.15, -0.1) is 0 Å². The summed E-state index contributed by atoms with van der Waals surface area (Å²) in [5, 5.41) is 6.20. The van der Waals surface area contributed by atoms with Crippen LogP contribution in [0, 0.1) is 6.92 Å². The molecule has 0 fully saturated rings. The van der Waals surface area contributed by atoms with E-state index in [0.29, 0.717) is 18.5 Å². The Morgan fingerprint density at radius 3 is 2.67 bits per heavy atom. The molecule has 1 aromatic rings. The smallest absolute Gasteiger partial charge is 0.266 e. The van der Waals surface area contributed by atoms with Crippen LogP contribution in [0.4, 0.5) is 0 Å². The number of aromatic amines is 1. The third-order valence-electron chi connectivity index (χ3n) is 1.35. The minimum atomic E-state index is -0.463. The van der Waals surface area contributed by atoms with Crippen molar-refractivity contribution in [1.82, 2.24) is 10.2 Å². The van der Waals surface area contributed by atoms with Gasteiger partial charge in [-0.2, -0.15) is 5.10 Å². The molecule has 3 nitrogen and oxygen atoms in total. The summed E-state index contributed by atoms with van der Waals surface area (Å²) in [5.41, 5.74) is 0.116. The summed E-state index contributed by atoms with van der Waals surface area (Å²) in [7, 11) is 0. The highest BCUT2D eigenvalue weighted by Gasteiger charge is 2.08. The Bertz CT molecular complexity index is 335. The number of hydrogen-bond donors (Lipinski definition) is 1. The van der Waals surface area contributed by atoms with Gasteiger partial charge in [0.1, 0.15) is 5.02 Å². The average molecular weight is 206 g/mol. The van der Waals surface area contributed by atoms with Crippen LogP contribution in [0.3, 0.4) is 0 Å². The Hall–Kier alpha value is -0.540. The Balaban J connectivity index is 3.17. The van der Waals surface area contributed by atoms with Gasteiger partial charge >= 0.3 is 0 Å². The Morgan fingerprint density at radius 1 is 1.42 bits per heavy atom. The molecule has 0 amide bonds. The first-order valence-corrected chi connectivity index (χ1v) is 4.14. The van der Waals surface area contributed by atoms with Gasteiger partial charge < -0.3 is 0 Å². The minimum absolute atomic E-state index is 0.00452. The van der Waals surface area contributed by atoms with Gasteiger partial charge in [0.25, 0.3) is 5.56 Å². The van der Waals surface area contributed by atoms with E-state index in [1.165, 1.54) is 0 Å². The van der Waals surface area contributed by atoms with Crippen molar-refractivity contribution >= 4 is 23.2 Å². The molecule has 0 atom stereocenters. The average Bonchev–Trinajstić information content (AvgIpc) is 2.07. The standard InChI is InChI=1S/C7H7Cl2N2O/c1-2-3-4-5(8)6(9)7(12)11-10-4/h1-3H2,(H,11,12). The van der Waals surface area contributed by atoms with Gasteiger partial charge in [-0.1, -0.05) is 30.1 Å². The molecule has 5 heteroatoms. The second-order valence-corrected chi connectivity index (χ2v) is 2.99. The van der Waals surface area contributed by atoms with Crippen molar-refractivity contribution in [3.8, 4) is 0 Å². The molecule has 0 aliphatic rings. The van der Waals surface area contributed by atoms with Gasteiger partial charge in [0.15, 0.2) is 0 Å². The first kappa shape index (κ1) is 9.55. The molecular formula is C7H7Cl2N2O. The first-order chi connectivity index (χ1) is 5.66. The monoisotopic (exact) mass is 205 g/mol. The second kappa shape index (κ2) is 3.92. The van der Waals surface area contributed by atoms with Crippen LogP contribution in [0.2, 0.25) is 10.0 Å². The molecule has 12 heavy (non-hydrogen) atoms. The number of hydrogen-bond acceptors (Lipinski definition) is 2. The van der Waals surface area contributed by atoms with Gasteiger partial charge in [0, 0.05) is 0 Å². The molecule has 0 aromatic carbocycles. The van der Waals surface area contributed by atoms with Crippen LogP contribution in [-0.4, -0.2) is 10.2 Å². The minimum Gasteiger partial charge on any atom is -0.266 e. The zero-order chi connectivity index (χ0) is 9.14. The van der Waals surface area contributed by atoms with Gasteiger partial charge in [0.05, 0.1) is 10.7 Å². The molecule has 0 saturated carbocycles. The molecule has 0 bridgehead atoms. The SMILES string of the molecule is [CH2]CCc1n[nH]c(=O)c(Cl)c1Cl. The highest BCUT2D eigenvalue weighted by atomic mass is 35.5. The maximum Gasteiger partial charge on any atom is 0.284 e.